The Bertz CT molecular complexity index is 912. The summed E-state index contributed by atoms with van der Waals surface area (Å²) in [5.74, 6) is 1.33. The third kappa shape index (κ3) is 8.05. The number of aryl methyl sites for hydroxylation is 1. The Balaban J connectivity index is 2.19. The Morgan fingerprint density at radius 3 is 2.30 bits per heavy atom. The number of methoxy groups -OCH3 is 3. The van der Waals surface area contributed by atoms with Gasteiger partial charge in [0.05, 0.1) is 27.3 Å². The number of nitrogens with zero attached hydrogens (tertiary/aromatic N) is 2. The first kappa shape index (κ1) is 26.7. The molecule has 33 heavy (non-hydrogen) atoms. The lowest BCUT2D eigenvalue weighted by Crippen LogP contribution is -2.45. The predicted molar refractivity (Wildman–Crippen MR) is 131 cm³/mol. The molecule has 2 aromatic rings. The van der Waals surface area contributed by atoms with Gasteiger partial charge in [0.15, 0.2) is 11.5 Å². The van der Waals surface area contributed by atoms with Gasteiger partial charge in [-0.25, -0.2) is 0 Å². The molecular formula is C25H36N2O5S. The van der Waals surface area contributed by atoms with E-state index in [2.05, 4.69) is 13.0 Å². The van der Waals surface area contributed by atoms with Crippen molar-refractivity contribution in [1.82, 2.24) is 9.80 Å². The summed E-state index contributed by atoms with van der Waals surface area (Å²) >= 11 is 1.64. The van der Waals surface area contributed by atoms with Gasteiger partial charge in [0.1, 0.15) is 6.61 Å². The SMILES string of the molecule is COCC(=O)N(CC(=O)N(CCc1ccc(OC)c(OC)c1)Cc1sccc1C)CC(C)C. The zero-order chi connectivity index (χ0) is 24.4. The number of hydrogen-bond donors (Lipinski definition) is 0. The van der Waals surface area contributed by atoms with Gasteiger partial charge in [-0.15, -0.1) is 11.3 Å². The molecule has 0 fully saturated rings. The van der Waals surface area contributed by atoms with Crippen molar-refractivity contribution in [2.45, 2.75) is 33.7 Å². The van der Waals surface area contributed by atoms with Gasteiger partial charge in [0.25, 0.3) is 0 Å². The van der Waals surface area contributed by atoms with Gasteiger partial charge in [-0.1, -0.05) is 19.9 Å². The van der Waals surface area contributed by atoms with Crippen LogP contribution in [0.1, 0.15) is 29.9 Å². The minimum atomic E-state index is -0.174. The smallest absolute Gasteiger partial charge is 0.249 e. The molecule has 1 aromatic heterocycles. The molecule has 0 atom stereocenters. The normalized spacial score (nSPS) is 10.9. The van der Waals surface area contributed by atoms with Crippen molar-refractivity contribution in [2.75, 3.05) is 47.6 Å². The fraction of sp³-hybridized carbons (Fsp3) is 0.520. The molecule has 182 valence electrons. The highest BCUT2D eigenvalue weighted by atomic mass is 32.1. The Hall–Kier alpha value is -2.58. The maximum absolute atomic E-state index is 13.4. The Morgan fingerprint density at radius 1 is 1.00 bits per heavy atom. The maximum atomic E-state index is 13.4. The largest absolute Gasteiger partial charge is 0.493 e. The van der Waals surface area contributed by atoms with Crippen LogP contribution in [0.3, 0.4) is 0 Å². The van der Waals surface area contributed by atoms with E-state index in [4.69, 9.17) is 14.2 Å². The fourth-order valence-electron chi connectivity index (χ4n) is 3.50. The summed E-state index contributed by atoms with van der Waals surface area (Å²) in [6.45, 7) is 7.67. The van der Waals surface area contributed by atoms with E-state index in [1.807, 2.05) is 42.3 Å². The second-order valence-electron chi connectivity index (χ2n) is 8.38. The van der Waals surface area contributed by atoms with Crippen LogP contribution in [0.2, 0.25) is 0 Å². The lowest BCUT2D eigenvalue weighted by Gasteiger charge is -2.29. The zero-order valence-electron chi connectivity index (χ0n) is 20.6. The quantitative estimate of drug-likeness (QED) is 0.440. The van der Waals surface area contributed by atoms with E-state index >= 15 is 0 Å². The fourth-order valence-corrected chi connectivity index (χ4v) is 4.43. The van der Waals surface area contributed by atoms with Crippen LogP contribution in [-0.2, 0) is 27.3 Å². The van der Waals surface area contributed by atoms with Crippen LogP contribution in [0.4, 0.5) is 0 Å². The van der Waals surface area contributed by atoms with Crippen LogP contribution in [0.5, 0.6) is 11.5 Å². The lowest BCUT2D eigenvalue weighted by molar-refractivity contribution is -0.143. The van der Waals surface area contributed by atoms with E-state index in [9.17, 15) is 9.59 Å². The topological polar surface area (TPSA) is 68.3 Å². The van der Waals surface area contributed by atoms with Gasteiger partial charge in [-0.2, -0.15) is 0 Å². The van der Waals surface area contributed by atoms with Crippen molar-refractivity contribution in [1.29, 1.82) is 0 Å². The molecule has 8 heteroatoms. The first-order valence-corrected chi connectivity index (χ1v) is 11.9. The van der Waals surface area contributed by atoms with Crippen LogP contribution in [-0.4, -0.2) is 69.2 Å². The summed E-state index contributed by atoms with van der Waals surface area (Å²) in [7, 11) is 4.70. The van der Waals surface area contributed by atoms with Gasteiger partial charge in [0.2, 0.25) is 11.8 Å². The highest BCUT2D eigenvalue weighted by molar-refractivity contribution is 7.10. The molecule has 0 aliphatic rings. The van der Waals surface area contributed by atoms with Crippen molar-refractivity contribution in [3.05, 3.63) is 45.6 Å². The number of hydrogen-bond acceptors (Lipinski definition) is 6. The average molecular weight is 477 g/mol. The van der Waals surface area contributed by atoms with Crippen LogP contribution < -0.4 is 9.47 Å². The van der Waals surface area contributed by atoms with Gasteiger partial charge < -0.3 is 24.0 Å². The lowest BCUT2D eigenvalue weighted by atomic mass is 10.1. The molecule has 0 aliphatic carbocycles. The number of thiophene rings is 1. The third-order valence-corrected chi connectivity index (χ3v) is 6.31. The molecule has 1 aromatic carbocycles. The molecule has 0 radical (unpaired) electrons. The minimum Gasteiger partial charge on any atom is -0.493 e. The van der Waals surface area contributed by atoms with E-state index in [1.165, 1.54) is 12.7 Å². The third-order valence-electron chi connectivity index (χ3n) is 5.31. The first-order chi connectivity index (χ1) is 15.8. The van der Waals surface area contributed by atoms with Crippen LogP contribution in [0.25, 0.3) is 0 Å². The minimum absolute atomic E-state index is 0.0321. The monoisotopic (exact) mass is 476 g/mol. The molecule has 0 N–H and O–H groups in total. The molecule has 2 amide bonds. The molecule has 2 rings (SSSR count). The van der Waals surface area contributed by atoms with Crippen molar-refractivity contribution in [2.24, 2.45) is 5.92 Å². The molecule has 0 saturated carbocycles. The van der Waals surface area contributed by atoms with E-state index in [0.29, 0.717) is 37.6 Å². The van der Waals surface area contributed by atoms with Crippen molar-refractivity contribution in [3.8, 4) is 11.5 Å². The van der Waals surface area contributed by atoms with E-state index in [0.717, 1.165) is 10.4 Å². The van der Waals surface area contributed by atoms with Crippen LogP contribution in [0, 0.1) is 12.8 Å². The molecule has 0 bridgehead atoms. The highest BCUT2D eigenvalue weighted by Crippen LogP contribution is 2.28. The summed E-state index contributed by atoms with van der Waals surface area (Å²) < 4.78 is 15.7. The molecule has 1 heterocycles. The average Bonchev–Trinajstić information content (AvgIpc) is 3.19. The molecule has 7 nitrogen and oxygen atoms in total. The molecule has 0 aliphatic heterocycles. The van der Waals surface area contributed by atoms with Gasteiger partial charge >= 0.3 is 0 Å². The Morgan fingerprint density at radius 2 is 1.73 bits per heavy atom. The van der Waals surface area contributed by atoms with Crippen molar-refractivity contribution in [3.63, 3.8) is 0 Å². The molecular weight excluding hydrogens is 440 g/mol. The van der Waals surface area contributed by atoms with Gasteiger partial charge in [-0.3, -0.25) is 9.59 Å². The molecule has 0 spiro atoms. The summed E-state index contributed by atoms with van der Waals surface area (Å²) in [6, 6.07) is 7.85. The van der Waals surface area contributed by atoms with Gasteiger partial charge in [-0.05, 0) is 54.0 Å². The van der Waals surface area contributed by atoms with Gasteiger partial charge in [0, 0.05) is 25.1 Å². The number of benzene rings is 1. The standard InChI is InChI=1S/C25H36N2O5S/c1-18(2)14-27(25(29)17-30-4)16-24(28)26(15-23-19(3)10-12-33-23)11-9-20-7-8-21(31-5)22(13-20)32-6/h7-8,10,12-13,18H,9,11,14-17H2,1-6H3. The molecule has 0 saturated heterocycles. The van der Waals surface area contributed by atoms with E-state index in [1.54, 1.807) is 30.5 Å². The number of rotatable bonds is 13. The second kappa shape index (κ2) is 13.2. The number of carbonyl (C=O) groups is 2. The van der Waals surface area contributed by atoms with Crippen molar-refractivity contribution >= 4 is 23.2 Å². The summed E-state index contributed by atoms with van der Waals surface area (Å²) in [6.07, 6.45) is 0.659. The highest BCUT2D eigenvalue weighted by Gasteiger charge is 2.23. The van der Waals surface area contributed by atoms with E-state index < -0.39 is 0 Å². The number of amides is 2. The Kier molecular flexibility index (Phi) is 10.7. The summed E-state index contributed by atoms with van der Waals surface area (Å²) in [5.41, 5.74) is 2.21. The number of ether oxygens (including phenoxy) is 3. The van der Waals surface area contributed by atoms with Crippen LogP contribution >= 0.6 is 11.3 Å². The van der Waals surface area contributed by atoms with Crippen molar-refractivity contribution < 1.29 is 23.8 Å². The summed E-state index contributed by atoms with van der Waals surface area (Å²) in [4.78, 5) is 30.5. The van der Waals surface area contributed by atoms with E-state index in [-0.39, 0.29) is 30.9 Å². The molecule has 0 unspecified atom stereocenters. The first-order valence-electron chi connectivity index (χ1n) is 11.1. The Labute approximate surface area is 201 Å². The van der Waals surface area contributed by atoms with Crippen LogP contribution in [0.15, 0.2) is 29.6 Å². The maximum Gasteiger partial charge on any atom is 0.249 e. The zero-order valence-corrected chi connectivity index (χ0v) is 21.4. The number of carbonyl (C=O) groups excluding carboxylic acids is 2. The summed E-state index contributed by atoms with van der Waals surface area (Å²) in [5, 5.41) is 2.04. The predicted octanol–water partition coefficient (Wildman–Crippen LogP) is 3.78. The second-order valence-corrected chi connectivity index (χ2v) is 9.38.